The van der Waals surface area contributed by atoms with Crippen molar-refractivity contribution in [3.05, 3.63) is 88.5 Å². The predicted octanol–water partition coefficient (Wildman–Crippen LogP) is 5.05. The SMILES string of the molecule is Cc1ccc(NC(=O)c2ccc(NCc3ccc(F)cc3)cn2)cc1Cl. The highest BCUT2D eigenvalue weighted by Crippen LogP contribution is 2.20. The van der Waals surface area contributed by atoms with Crippen LogP contribution in [0.2, 0.25) is 5.02 Å². The summed E-state index contributed by atoms with van der Waals surface area (Å²) in [7, 11) is 0. The molecule has 132 valence electrons. The second kappa shape index (κ2) is 7.97. The van der Waals surface area contributed by atoms with Crippen LogP contribution in [-0.2, 0) is 6.54 Å². The highest BCUT2D eigenvalue weighted by molar-refractivity contribution is 6.31. The van der Waals surface area contributed by atoms with Crippen molar-refractivity contribution in [2.75, 3.05) is 10.6 Å². The highest BCUT2D eigenvalue weighted by atomic mass is 35.5. The Kier molecular flexibility index (Phi) is 5.49. The minimum Gasteiger partial charge on any atom is -0.380 e. The molecule has 0 atom stereocenters. The summed E-state index contributed by atoms with van der Waals surface area (Å²) in [6.45, 7) is 2.43. The van der Waals surface area contributed by atoms with E-state index in [4.69, 9.17) is 11.6 Å². The van der Waals surface area contributed by atoms with Crippen LogP contribution in [0.25, 0.3) is 0 Å². The first kappa shape index (κ1) is 17.9. The molecule has 0 unspecified atom stereocenters. The number of carbonyl (C=O) groups excluding carboxylic acids is 1. The normalized spacial score (nSPS) is 10.4. The fourth-order valence-electron chi connectivity index (χ4n) is 2.30. The van der Waals surface area contributed by atoms with Gasteiger partial charge in [0.25, 0.3) is 5.91 Å². The Bertz CT molecular complexity index is 911. The first-order valence-electron chi connectivity index (χ1n) is 8.03. The molecule has 0 aliphatic carbocycles. The zero-order valence-electron chi connectivity index (χ0n) is 14.1. The lowest BCUT2D eigenvalue weighted by molar-refractivity contribution is 0.102. The van der Waals surface area contributed by atoms with E-state index >= 15 is 0 Å². The van der Waals surface area contributed by atoms with E-state index in [1.165, 1.54) is 12.1 Å². The fourth-order valence-corrected chi connectivity index (χ4v) is 2.49. The molecule has 1 amide bonds. The molecule has 6 heteroatoms. The van der Waals surface area contributed by atoms with Gasteiger partial charge in [0, 0.05) is 17.3 Å². The monoisotopic (exact) mass is 369 g/mol. The van der Waals surface area contributed by atoms with Gasteiger partial charge < -0.3 is 10.6 Å². The molecule has 26 heavy (non-hydrogen) atoms. The summed E-state index contributed by atoms with van der Waals surface area (Å²) in [6.07, 6.45) is 1.58. The zero-order valence-corrected chi connectivity index (χ0v) is 14.8. The van der Waals surface area contributed by atoms with Gasteiger partial charge in [0.1, 0.15) is 11.5 Å². The summed E-state index contributed by atoms with van der Waals surface area (Å²) in [5.41, 5.74) is 3.58. The molecular weight excluding hydrogens is 353 g/mol. The quantitative estimate of drug-likeness (QED) is 0.662. The van der Waals surface area contributed by atoms with Gasteiger partial charge in [0.05, 0.1) is 11.9 Å². The van der Waals surface area contributed by atoms with Crippen molar-refractivity contribution in [1.82, 2.24) is 4.98 Å². The van der Waals surface area contributed by atoms with Gasteiger partial charge in [0.15, 0.2) is 0 Å². The molecule has 0 radical (unpaired) electrons. The molecule has 2 N–H and O–H groups in total. The highest BCUT2D eigenvalue weighted by Gasteiger charge is 2.08. The third-order valence-corrected chi connectivity index (χ3v) is 4.24. The Morgan fingerprint density at radius 2 is 1.81 bits per heavy atom. The van der Waals surface area contributed by atoms with E-state index in [1.54, 1.807) is 42.6 Å². The van der Waals surface area contributed by atoms with Crippen molar-refractivity contribution in [1.29, 1.82) is 0 Å². The number of aryl methyl sites for hydroxylation is 1. The predicted molar refractivity (Wildman–Crippen MR) is 102 cm³/mol. The van der Waals surface area contributed by atoms with Crippen LogP contribution in [0.5, 0.6) is 0 Å². The minimum atomic E-state index is -0.310. The Balaban J connectivity index is 1.60. The molecule has 0 bridgehead atoms. The maximum absolute atomic E-state index is 12.9. The van der Waals surface area contributed by atoms with Gasteiger partial charge in [0.2, 0.25) is 0 Å². The third kappa shape index (κ3) is 4.58. The molecule has 0 saturated heterocycles. The molecule has 0 spiro atoms. The Labute approximate surface area is 156 Å². The first-order valence-corrected chi connectivity index (χ1v) is 8.41. The van der Waals surface area contributed by atoms with E-state index in [0.717, 1.165) is 16.8 Å². The van der Waals surface area contributed by atoms with Gasteiger partial charge in [-0.25, -0.2) is 9.37 Å². The number of pyridine rings is 1. The average Bonchev–Trinajstić information content (AvgIpc) is 2.65. The summed E-state index contributed by atoms with van der Waals surface area (Å²) in [4.78, 5) is 16.4. The number of amides is 1. The number of hydrogen-bond donors (Lipinski definition) is 2. The summed E-state index contributed by atoms with van der Waals surface area (Å²) >= 11 is 6.06. The van der Waals surface area contributed by atoms with Crippen LogP contribution in [0.1, 0.15) is 21.6 Å². The van der Waals surface area contributed by atoms with E-state index in [-0.39, 0.29) is 11.7 Å². The molecule has 1 heterocycles. The number of hydrogen-bond acceptors (Lipinski definition) is 3. The summed E-state index contributed by atoms with van der Waals surface area (Å²) in [5, 5.41) is 6.54. The lowest BCUT2D eigenvalue weighted by atomic mass is 10.2. The molecule has 0 fully saturated rings. The second-order valence-corrected chi connectivity index (χ2v) is 6.24. The van der Waals surface area contributed by atoms with E-state index in [9.17, 15) is 9.18 Å². The molecular formula is C20H17ClFN3O. The number of benzene rings is 2. The van der Waals surface area contributed by atoms with Gasteiger partial charge in [-0.15, -0.1) is 0 Å². The zero-order chi connectivity index (χ0) is 18.5. The van der Waals surface area contributed by atoms with Crippen LogP contribution < -0.4 is 10.6 Å². The standard InChI is InChI=1S/C20H17ClFN3O/c1-13-2-7-16(10-18(13)21)25-20(26)19-9-8-17(12-24-19)23-11-14-3-5-15(22)6-4-14/h2-10,12,23H,11H2,1H3,(H,25,26). The average molecular weight is 370 g/mol. The van der Waals surface area contributed by atoms with Crippen molar-refractivity contribution in [2.24, 2.45) is 0 Å². The van der Waals surface area contributed by atoms with Crippen LogP contribution in [0, 0.1) is 12.7 Å². The smallest absolute Gasteiger partial charge is 0.274 e. The fraction of sp³-hybridized carbons (Fsp3) is 0.100. The van der Waals surface area contributed by atoms with Crippen LogP contribution >= 0.6 is 11.6 Å². The Morgan fingerprint density at radius 1 is 1.08 bits per heavy atom. The van der Waals surface area contributed by atoms with Crippen molar-refractivity contribution in [3.63, 3.8) is 0 Å². The number of nitrogens with one attached hydrogen (secondary N) is 2. The summed E-state index contributed by atoms with van der Waals surface area (Å²) in [5.74, 6) is -0.573. The minimum absolute atomic E-state index is 0.263. The topological polar surface area (TPSA) is 54.0 Å². The van der Waals surface area contributed by atoms with Crippen LogP contribution in [0.3, 0.4) is 0 Å². The van der Waals surface area contributed by atoms with E-state index < -0.39 is 0 Å². The second-order valence-electron chi connectivity index (χ2n) is 5.83. The van der Waals surface area contributed by atoms with E-state index in [0.29, 0.717) is 22.9 Å². The van der Waals surface area contributed by atoms with Crippen LogP contribution in [0.4, 0.5) is 15.8 Å². The molecule has 3 rings (SSSR count). The van der Waals surface area contributed by atoms with E-state index in [2.05, 4.69) is 15.6 Å². The van der Waals surface area contributed by atoms with Crippen LogP contribution in [0.15, 0.2) is 60.8 Å². The Hall–Kier alpha value is -2.92. The number of rotatable bonds is 5. The first-order chi connectivity index (χ1) is 12.5. The van der Waals surface area contributed by atoms with Gasteiger partial charge in [-0.3, -0.25) is 4.79 Å². The largest absolute Gasteiger partial charge is 0.380 e. The number of halogens is 2. The number of aromatic nitrogens is 1. The van der Waals surface area contributed by atoms with Crippen LogP contribution in [-0.4, -0.2) is 10.9 Å². The van der Waals surface area contributed by atoms with Gasteiger partial charge in [-0.2, -0.15) is 0 Å². The van der Waals surface area contributed by atoms with Crippen molar-refractivity contribution >= 4 is 28.9 Å². The van der Waals surface area contributed by atoms with Gasteiger partial charge in [-0.05, 0) is 54.4 Å². The number of anilines is 2. The maximum Gasteiger partial charge on any atom is 0.274 e. The summed E-state index contributed by atoms with van der Waals surface area (Å²) in [6, 6.07) is 15.0. The number of carbonyl (C=O) groups is 1. The molecule has 4 nitrogen and oxygen atoms in total. The molecule has 2 aromatic carbocycles. The third-order valence-electron chi connectivity index (χ3n) is 3.84. The lowest BCUT2D eigenvalue weighted by Gasteiger charge is -2.08. The van der Waals surface area contributed by atoms with Crippen molar-refractivity contribution in [3.8, 4) is 0 Å². The van der Waals surface area contributed by atoms with Gasteiger partial charge >= 0.3 is 0 Å². The molecule has 0 aliphatic rings. The van der Waals surface area contributed by atoms with Gasteiger partial charge in [-0.1, -0.05) is 29.8 Å². The number of nitrogens with zero attached hydrogens (tertiary/aromatic N) is 1. The van der Waals surface area contributed by atoms with Crippen molar-refractivity contribution < 1.29 is 9.18 Å². The Morgan fingerprint density at radius 3 is 2.46 bits per heavy atom. The summed E-state index contributed by atoms with van der Waals surface area (Å²) < 4.78 is 12.9. The molecule has 3 aromatic rings. The molecule has 0 aliphatic heterocycles. The van der Waals surface area contributed by atoms with E-state index in [1.807, 2.05) is 13.0 Å². The molecule has 0 saturated carbocycles. The van der Waals surface area contributed by atoms with Crippen molar-refractivity contribution in [2.45, 2.75) is 13.5 Å². The lowest BCUT2D eigenvalue weighted by Crippen LogP contribution is -2.13. The maximum atomic E-state index is 12.9. The molecule has 1 aromatic heterocycles.